The standard InChI is InChI=1S/C27H23N5O3S/c1-34-21-12-13-23(24(16-21)35-2)28-26(33)17-36-27-30-29-25-15-14-22(31-32(25)27)20-10-8-19(9-11-20)18-6-4-3-5-7-18/h3-16H,17H2,1-2H3,(H,28,33). The third kappa shape index (κ3) is 5.01. The molecule has 0 aliphatic rings. The van der Waals surface area contributed by atoms with Gasteiger partial charge in [-0.3, -0.25) is 4.79 Å². The molecule has 0 aliphatic heterocycles. The second-order valence-corrected chi connectivity index (χ2v) is 8.76. The number of hydrogen-bond acceptors (Lipinski definition) is 7. The zero-order chi connectivity index (χ0) is 24.9. The predicted molar refractivity (Wildman–Crippen MR) is 141 cm³/mol. The van der Waals surface area contributed by atoms with E-state index in [0.29, 0.717) is 28.0 Å². The van der Waals surface area contributed by atoms with Crippen LogP contribution in [0.3, 0.4) is 0 Å². The van der Waals surface area contributed by atoms with Gasteiger partial charge in [0.25, 0.3) is 0 Å². The van der Waals surface area contributed by atoms with Crippen molar-refractivity contribution in [1.82, 2.24) is 19.8 Å². The van der Waals surface area contributed by atoms with Crippen molar-refractivity contribution in [1.29, 1.82) is 0 Å². The molecule has 0 saturated heterocycles. The third-order valence-electron chi connectivity index (χ3n) is 5.54. The van der Waals surface area contributed by atoms with Gasteiger partial charge in [-0.25, -0.2) is 0 Å². The van der Waals surface area contributed by atoms with Crippen LogP contribution in [0.5, 0.6) is 11.5 Å². The molecule has 1 amide bonds. The monoisotopic (exact) mass is 497 g/mol. The van der Waals surface area contributed by atoms with E-state index in [1.165, 1.54) is 11.8 Å². The van der Waals surface area contributed by atoms with Crippen LogP contribution in [0.15, 0.2) is 90.1 Å². The maximum absolute atomic E-state index is 12.6. The molecule has 0 spiro atoms. The number of aromatic nitrogens is 4. The van der Waals surface area contributed by atoms with Crippen molar-refractivity contribution in [3.05, 3.63) is 84.9 Å². The molecule has 0 fully saturated rings. The summed E-state index contributed by atoms with van der Waals surface area (Å²) < 4.78 is 12.2. The van der Waals surface area contributed by atoms with Gasteiger partial charge in [0.15, 0.2) is 5.65 Å². The van der Waals surface area contributed by atoms with E-state index in [9.17, 15) is 4.79 Å². The van der Waals surface area contributed by atoms with Crippen LogP contribution in [0.2, 0.25) is 0 Å². The number of thioether (sulfide) groups is 1. The summed E-state index contributed by atoms with van der Waals surface area (Å²) >= 11 is 1.26. The van der Waals surface area contributed by atoms with Crippen LogP contribution < -0.4 is 14.8 Å². The van der Waals surface area contributed by atoms with Gasteiger partial charge in [0, 0.05) is 11.6 Å². The van der Waals surface area contributed by atoms with E-state index >= 15 is 0 Å². The van der Waals surface area contributed by atoms with Gasteiger partial charge in [-0.2, -0.15) is 9.61 Å². The average Bonchev–Trinajstić information content (AvgIpc) is 3.35. The molecule has 0 bridgehead atoms. The molecule has 5 rings (SSSR count). The van der Waals surface area contributed by atoms with E-state index in [4.69, 9.17) is 14.6 Å². The number of hydrogen-bond donors (Lipinski definition) is 1. The molecule has 8 nitrogen and oxygen atoms in total. The number of anilines is 1. The first-order chi connectivity index (χ1) is 17.6. The molecule has 3 aromatic carbocycles. The number of carbonyl (C=O) groups excluding carboxylic acids is 1. The Morgan fingerprint density at radius 2 is 1.61 bits per heavy atom. The second kappa shape index (κ2) is 10.5. The number of methoxy groups -OCH3 is 2. The van der Waals surface area contributed by atoms with Gasteiger partial charge in [-0.05, 0) is 35.4 Å². The number of ether oxygens (including phenoxy) is 2. The van der Waals surface area contributed by atoms with Gasteiger partial charge in [0.2, 0.25) is 11.1 Å². The van der Waals surface area contributed by atoms with Crippen LogP contribution >= 0.6 is 11.8 Å². The fourth-order valence-corrected chi connectivity index (χ4v) is 4.38. The third-order valence-corrected chi connectivity index (χ3v) is 6.46. The zero-order valence-electron chi connectivity index (χ0n) is 19.7. The number of benzene rings is 3. The molecule has 180 valence electrons. The van der Waals surface area contributed by atoms with Crippen molar-refractivity contribution < 1.29 is 14.3 Å². The van der Waals surface area contributed by atoms with Crippen LogP contribution in [0.4, 0.5) is 5.69 Å². The lowest BCUT2D eigenvalue weighted by Crippen LogP contribution is -2.15. The number of amides is 1. The van der Waals surface area contributed by atoms with Crippen molar-refractivity contribution in [2.75, 3.05) is 25.3 Å². The Kier molecular flexibility index (Phi) is 6.81. The summed E-state index contributed by atoms with van der Waals surface area (Å²) in [6.07, 6.45) is 0. The quantitative estimate of drug-likeness (QED) is 0.295. The molecule has 0 atom stereocenters. The summed E-state index contributed by atoms with van der Waals surface area (Å²) in [6, 6.07) is 27.5. The van der Waals surface area contributed by atoms with Crippen molar-refractivity contribution in [2.24, 2.45) is 0 Å². The summed E-state index contributed by atoms with van der Waals surface area (Å²) in [5.41, 5.74) is 5.24. The highest BCUT2D eigenvalue weighted by Gasteiger charge is 2.14. The minimum absolute atomic E-state index is 0.133. The maximum Gasteiger partial charge on any atom is 0.234 e. The lowest BCUT2D eigenvalue weighted by Gasteiger charge is -2.11. The molecule has 5 aromatic rings. The molecular formula is C27H23N5O3S. The number of nitrogens with one attached hydrogen (secondary N) is 1. The summed E-state index contributed by atoms with van der Waals surface area (Å²) in [6.45, 7) is 0. The second-order valence-electron chi connectivity index (χ2n) is 7.82. The van der Waals surface area contributed by atoms with Gasteiger partial charge in [-0.1, -0.05) is 66.4 Å². The minimum atomic E-state index is -0.201. The van der Waals surface area contributed by atoms with Gasteiger partial charge in [0.1, 0.15) is 11.5 Å². The number of rotatable bonds is 8. The largest absolute Gasteiger partial charge is 0.497 e. The predicted octanol–water partition coefficient (Wildman–Crippen LogP) is 5.21. The summed E-state index contributed by atoms with van der Waals surface area (Å²) in [4.78, 5) is 12.6. The fraction of sp³-hybridized carbons (Fsp3) is 0.111. The fourth-order valence-electron chi connectivity index (χ4n) is 3.70. The van der Waals surface area contributed by atoms with Crippen LogP contribution in [-0.2, 0) is 4.79 Å². The first kappa shape index (κ1) is 23.4. The van der Waals surface area contributed by atoms with E-state index in [1.54, 1.807) is 36.9 Å². The molecule has 9 heteroatoms. The molecule has 0 unspecified atom stereocenters. The van der Waals surface area contributed by atoms with E-state index in [2.05, 4.69) is 39.8 Å². The molecule has 0 saturated carbocycles. The van der Waals surface area contributed by atoms with Gasteiger partial charge in [-0.15, -0.1) is 10.2 Å². The Bertz CT molecular complexity index is 1500. The van der Waals surface area contributed by atoms with Gasteiger partial charge >= 0.3 is 0 Å². The van der Waals surface area contributed by atoms with Crippen molar-refractivity contribution in [2.45, 2.75) is 5.16 Å². The minimum Gasteiger partial charge on any atom is -0.497 e. The molecule has 2 heterocycles. The summed E-state index contributed by atoms with van der Waals surface area (Å²) in [5, 5.41) is 16.5. The molecule has 1 N–H and O–H groups in total. The van der Waals surface area contributed by atoms with Gasteiger partial charge < -0.3 is 14.8 Å². The van der Waals surface area contributed by atoms with Crippen LogP contribution in [0.25, 0.3) is 28.0 Å². The Morgan fingerprint density at radius 3 is 2.36 bits per heavy atom. The van der Waals surface area contributed by atoms with Crippen LogP contribution in [0, 0.1) is 0 Å². The number of fused-ring (bicyclic) bond motifs is 1. The Labute approximate surface area is 212 Å². The summed E-state index contributed by atoms with van der Waals surface area (Å²) in [7, 11) is 3.12. The Hall–Kier alpha value is -4.37. The summed E-state index contributed by atoms with van der Waals surface area (Å²) in [5.74, 6) is 1.09. The van der Waals surface area contributed by atoms with E-state index < -0.39 is 0 Å². The molecular weight excluding hydrogens is 474 g/mol. The first-order valence-corrected chi connectivity index (χ1v) is 12.2. The van der Waals surface area contributed by atoms with E-state index in [0.717, 1.165) is 22.4 Å². The van der Waals surface area contributed by atoms with Gasteiger partial charge in [0.05, 0.1) is 31.4 Å². The van der Waals surface area contributed by atoms with E-state index in [1.807, 2.05) is 42.5 Å². The lowest BCUT2D eigenvalue weighted by atomic mass is 10.0. The van der Waals surface area contributed by atoms with Crippen LogP contribution in [0.1, 0.15) is 0 Å². The highest BCUT2D eigenvalue weighted by atomic mass is 32.2. The van der Waals surface area contributed by atoms with E-state index in [-0.39, 0.29) is 11.7 Å². The van der Waals surface area contributed by atoms with Crippen LogP contribution in [-0.4, -0.2) is 45.7 Å². The molecule has 36 heavy (non-hydrogen) atoms. The number of nitrogens with zero attached hydrogens (tertiary/aromatic N) is 4. The highest BCUT2D eigenvalue weighted by molar-refractivity contribution is 7.99. The first-order valence-electron chi connectivity index (χ1n) is 11.2. The SMILES string of the molecule is COc1ccc(NC(=O)CSc2nnc3ccc(-c4ccc(-c5ccccc5)cc4)nn23)c(OC)c1. The molecule has 0 radical (unpaired) electrons. The average molecular weight is 498 g/mol. The molecule has 2 aromatic heterocycles. The highest BCUT2D eigenvalue weighted by Crippen LogP contribution is 2.29. The maximum atomic E-state index is 12.6. The lowest BCUT2D eigenvalue weighted by molar-refractivity contribution is -0.113. The Balaban J connectivity index is 1.30. The topological polar surface area (TPSA) is 90.6 Å². The van der Waals surface area contributed by atoms with Crippen molar-refractivity contribution in [3.63, 3.8) is 0 Å². The van der Waals surface area contributed by atoms with Crippen molar-refractivity contribution in [3.8, 4) is 33.9 Å². The van der Waals surface area contributed by atoms with Crippen molar-refractivity contribution >= 4 is 29.0 Å². The molecule has 0 aliphatic carbocycles. The Morgan fingerprint density at radius 1 is 0.861 bits per heavy atom. The smallest absolute Gasteiger partial charge is 0.234 e. The zero-order valence-corrected chi connectivity index (χ0v) is 20.5. The normalized spacial score (nSPS) is 10.8. The number of carbonyl (C=O) groups is 1.